The zero-order chi connectivity index (χ0) is 22.3. The van der Waals surface area contributed by atoms with Crippen LogP contribution >= 0.6 is 0 Å². The number of rotatable bonds is 7. The lowest BCUT2D eigenvalue weighted by Crippen LogP contribution is -2.54. The predicted molar refractivity (Wildman–Crippen MR) is 113 cm³/mol. The molecule has 1 aromatic carbocycles. The van der Waals surface area contributed by atoms with Gasteiger partial charge in [0.05, 0.1) is 26.4 Å². The van der Waals surface area contributed by atoms with Gasteiger partial charge in [0.1, 0.15) is 11.3 Å². The van der Waals surface area contributed by atoms with E-state index < -0.39 is 23.6 Å². The van der Waals surface area contributed by atoms with Gasteiger partial charge in [0.15, 0.2) is 6.10 Å². The van der Waals surface area contributed by atoms with E-state index in [4.69, 9.17) is 14.2 Å². The normalized spacial score (nSPS) is 22.4. The molecule has 1 aromatic rings. The zero-order valence-electron chi connectivity index (χ0n) is 18.1. The summed E-state index contributed by atoms with van der Waals surface area (Å²) >= 11 is 0. The minimum atomic E-state index is -1.05. The Labute approximate surface area is 182 Å². The van der Waals surface area contributed by atoms with Gasteiger partial charge in [-0.3, -0.25) is 4.79 Å². The number of carbonyl (C=O) groups excluding carboxylic acids is 2. The van der Waals surface area contributed by atoms with Gasteiger partial charge in [-0.05, 0) is 30.7 Å². The monoisotopic (exact) mass is 430 g/mol. The number of hydrogen-bond acceptors (Lipinski definition) is 7. The number of amides is 2. The number of nitrogens with one attached hydrogen (secondary N) is 1. The molecule has 9 heteroatoms. The highest BCUT2D eigenvalue weighted by atomic mass is 16.6. The Morgan fingerprint density at radius 1 is 1.26 bits per heavy atom. The van der Waals surface area contributed by atoms with E-state index in [0.717, 1.165) is 18.7 Å². The van der Waals surface area contributed by atoms with E-state index in [1.165, 1.54) is 4.90 Å². The average Bonchev–Trinajstić information content (AvgIpc) is 3.23. The van der Waals surface area contributed by atoms with E-state index in [0.29, 0.717) is 45.0 Å². The number of likely N-dealkylation sites (tertiary alicyclic amines) is 1. The fourth-order valence-corrected chi connectivity index (χ4v) is 3.80. The van der Waals surface area contributed by atoms with E-state index >= 15 is 0 Å². The number of ether oxygens (including phenoxy) is 3. The van der Waals surface area contributed by atoms with E-state index in [-0.39, 0.29) is 6.42 Å². The Balaban J connectivity index is 1.74. The maximum absolute atomic E-state index is 13.2. The molecule has 2 aliphatic heterocycles. The topological polar surface area (TPSA) is 104 Å². The van der Waals surface area contributed by atoms with E-state index in [1.54, 1.807) is 19.2 Å². The molecule has 3 rings (SSSR count). The van der Waals surface area contributed by atoms with Crippen molar-refractivity contribution in [3.63, 3.8) is 0 Å². The van der Waals surface area contributed by atoms with Crippen molar-refractivity contribution in [2.45, 2.75) is 31.4 Å². The third-order valence-electron chi connectivity index (χ3n) is 5.76. The van der Waals surface area contributed by atoms with Crippen LogP contribution in [0.25, 0.3) is 0 Å². The van der Waals surface area contributed by atoms with Crippen molar-refractivity contribution in [1.29, 1.82) is 5.26 Å². The number of methoxy groups -OCH3 is 1. The molecule has 9 nitrogen and oxygen atoms in total. The summed E-state index contributed by atoms with van der Waals surface area (Å²) in [5.41, 5.74) is -0.153. The van der Waals surface area contributed by atoms with Crippen LogP contribution in [0.1, 0.15) is 18.9 Å². The molecule has 2 heterocycles. The summed E-state index contributed by atoms with van der Waals surface area (Å²) < 4.78 is 16.1. The molecular weight excluding hydrogens is 400 g/mol. The van der Waals surface area contributed by atoms with Crippen LogP contribution in [0.3, 0.4) is 0 Å². The second-order valence-electron chi connectivity index (χ2n) is 7.83. The molecule has 0 spiro atoms. The molecule has 2 atom stereocenters. The van der Waals surface area contributed by atoms with Gasteiger partial charge in [-0.1, -0.05) is 19.1 Å². The predicted octanol–water partition coefficient (Wildman–Crippen LogP) is 1.18. The number of benzene rings is 1. The number of hydrogen-bond donors (Lipinski definition) is 1. The van der Waals surface area contributed by atoms with Crippen molar-refractivity contribution in [2.75, 3.05) is 53.0 Å². The van der Waals surface area contributed by atoms with Gasteiger partial charge < -0.3 is 29.3 Å². The van der Waals surface area contributed by atoms with Crippen LogP contribution < -0.4 is 10.1 Å². The first-order chi connectivity index (χ1) is 15.0. The third-order valence-corrected chi connectivity index (χ3v) is 5.76. The quantitative estimate of drug-likeness (QED) is 0.693. The summed E-state index contributed by atoms with van der Waals surface area (Å²) in [7, 11) is 1.58. The molecule has 2 saturated heterocycles. The van der Waals surface area contributed by atoms with Crippen molar-refractivity contribution in [1.82, 2.24) is 15.1 Å². The van der Waals surface area contributed by atoms with Crippen LogP contribution in [0.2, 0.25) is 0 Å². The highest BCUT2D eigenvalue weighted by molar-refractivity contribution is 5.85. The Hall–Kier alpha value is -2.83. The third kappa shape index (κ3) is 5.87. The summed E-state index contributed by atoms with van der Waals surface area (Å²) in [5, 5.41) is 12.6. The molecule has 0 radical (unpaired) electrons. The molecule has 2 amide bonds. The van der Waals surface area contributed by atoms with Gasteiger partial charge in [0.2, 0.25) is 0 Å². The Morgan fingerprint density at radius 2 is 1.97 bits per heavy atom. The first-order valence-corrected chi connectivity index (χ1v) is 10.6. The molecule has 0 aromatic heterocycles. The average molecular weight is 431 g/mol. The van der Waals surface area contributed by atoms with Crippen LogP contribution in [-0.2, 0) is 20.7 Å². The second-order valence-corrected chi connectivity index (χ2v) is 7.83. The first-order valence-electron chi connectivity index (χ1n) is 10.6. The summed E-state index contributed by atoms with van der Waals surface area (Å²) in [6.07, 6.45) is -0.866. The standard InChI is InChI=1S/C22H30N4O5/c1-3-25-9-8-22(15-23,16-25)24-20(27)19(14-17-4-6-18(29-2)7-5-17)31-21(28)26-10-12-30-13-11-26/h4-7,19H,3,8-14,16H2,1-2H3,(H,24,27)/t19-,22?/m0/s1. The van der Waals surface area contributed by atoms with Crippen molar-refractivity contribution in [2.24, 2.45) is 0 Å². The van der Waals surface area contributed by atoms with Gasteiger partial charge >= 0.3 is 6.09 Å². The van der Waals surface area contributed by atoms with Crippen LogP contribution in [0.15, 0.2) is 24.3 Å². The molecular formula is C22H30N4O5. The fraction of sp³-hybridized carbons (Fsp3) is 0.591. The van der Waals surface area contributed by atoms with Gasteiger partial charge in [0.25, 0.3) is 5.91 Å². The Morgan fingerprint density at radius 3 is 2.55 bits per heavy atom. The maximum Gasteiger partial charge on any atom is 0.410 e. The highest BCUT2D eigenvalue weighted by Gasteiger charge is 2.41. The van der Waals surface area contributed by atoms with Gasteiger partial charge in [0, 0.05) is 32.6 Å². The molecule has 0 saturated carbocycles. The SMILES string of the molecule is CCN1CCC(C#N)(NC(=O)[C@H](Cc2ccc(OC)cc2)OC(=O)N2CCOCC2)C1. The summed E-state index contributed by atoms with van der Waals surface area (Å²) in [5.74, 6) is 0.237. The Kier molecular flexibility index (Phi) is 7.71. The molecule has 0 aliphatic carbocycles. The van der Waals surface area contributed by atoms with Crippen LogP contribution in [0.4, 0.5) is 4.79 Å². The van der Waals surface area contributed by atoms with Crippen molar-refractivity contribution in [3.05, 3.63) is 29.8 Å². The minimum absolute atomic E-state index is 0.199. The number of morpholine rings is 1. The summed E-state index contributed by atoms with van der Waals surface area (Å²) in [6.45, 7) is 5.74. The van der Waals surface area contributed by atoms with Crippen LogP contribution in [-0.4, -0.2) is 86.5 Å². The van der Waals surface area contributed by atoms with Gasteiger partial charge in [-0.25, -0.2) is 4.79 Å². The molecule has 168 valence electrons. The van der Waals surface area contributed by atoms with E-state index in [2.05, 4.69) is 16.3 Å². The van der Waals surface area contributed by atoms with Gasteiger partial charge in [-0.2, -0.15) is 5.26 Å². The second kappa shape index (κ2) is 10.5. The molecule has 2 aliphatic rings. The Bertz CT molecular complexity index is 803. The van der Waals surface area contributed by atoms with Crippen LogP contribution in [0.5, 0.6) is 5.75 Å². The number of nitrogens with zero attached hydrogens (tertiary/aromatic N) is 3. The number of carbonyl (C=O) groups is 2. The highest BCUT2D eigenvalue weighted by Crippen LogP contribution is 2.22. The van der Waals surface area contributed by atoms with Gasteiger partial charge in [-0.15, -0.1) is 0 Å². The van der Waals surface area contributed by atoms with E-state index in [1.807, 2.05) is 19.1 Å². The van der Waals surface area contributed by atoms with Crippen molar-refractivity contribution in [3.8, 4) is 11.8 Å². The van der Waals surface area contributed by atoms with Crippen LogP contribution in [0, 0.1) is 11.3 Å². The minimum Gasteiger partial charge on any atom is -0.497 e. The number of nitriles is 1. The first kappa shape index (κ1) is 22.8. The fourth-order valence-electron chi connectivity index (χ4n) is 3.80. The number of likely N-dealkylation sites (N-methyl/N-ethyl adjacent to an activating group) is 1. The molecule has 2 fully saturated rings. The zero-order valence-corrected chi connectivity index (χ0v) is 18.1. The van der Waals surface area contributed by atoms with E-state index in [9.17, 15) is 14.9 Å². The maximum atomic E-state index is 13.2. The molecule has 1 N–H and O–H groups in total. The molecule has 0 bridgehead atoms. The smallest absolute Gasteiger partial charge is 0.410 e. The largest absolute Gasteiger partial charge is 0.497 e. The summed E-state index contributed by atoms with van der Waals surface area (Å²) in [4.78, 5) is 29.5. The van der Waals surface area contributed by atoms with Crippen molar-refractivity contribution >= 4 is 12.0 Å². The lowest BCUT2D eigenvalue weighted by Gasteiger charge is -2.30. The lowest BCUT2D eigenvalue weighted by molar-refractivity contribution is -0.131. The molecule has 31 heavy (non-hydrogen) atoms. The molecule has 1 unspecified atom stereocenters. The summed E-state index contributed by atoms with van der Waals surface area (Å²) in [6, 6.07) is 9.51. The van der Waals surface area contributed by atoms with Crippen molar-refractivity contribution < 1.29 is 23.8 Å². The lowest BCUT2D eigenvalue weighted by atomic mass is 9.99.